The normalized spacial score (nSPS) is 10.3. The molecule has 20 heavy (non-hydrogen) atoms. The molecule has 4 heteroatoms. The molecule has 2 aromatic rings. The predicted octanol–water partition coefficient (Wildman–Crippen LogP) is 3.91. The van der Waals surface area contributed by atoms with Crippen molar-refractivity contribution >= 4 is 17.3 Å². The zero-order chi connectivity index (χ0) is 14.4. The van der Waals surface area contributed by atoms with E-state index in [0.29, 0.717) is 0 Å². The Morgan fingerprint density at radius 2 is 1.80 bits per heavy atom. The smallest absolute Gasteiger partial charge is 0.136 e. The standard InChI is InChI=1S/C16H22N4/c1-4-8-14-19-15(17-5-2)11-16(20-14)18-13-10-7-6-9-12(13)3/h6-7,9-11H,4-5,8H2,1-3H3,(H2,17,18,19,20). The highest BCUT2D eigenvalue weighted by atomic mass is 15.1. The van der Waals surface area contributed by atoms with Gasteiger partial charge in [-0.3, -0.25) is 0 Å². The van der Waals surface area contributed by atoms with Crippen LogP contribution >= 0.6 is 0 Å². The highest BCUT2D eigenvalue weighted by Crippen LogP contribution is 2.20. The van der Waals surface area contributed by atoms with E-state index in [1.165, 1.54) is 5.56 Å². The van der Waals surface area contributed by atoms with Gasteiger partial charge in [0.1, 0.15) is 17.5 Å². The Labute approximate surface area is 120 Å². The number of hydrogen-bond acceptors (Lipinski definition) is 4. The lowest BCUT2D eigenvalue weighted by molar-refractivity contribution is 0.836. The van der Waals surface area contributed by atoms with Gasteiger partial charge in [-0.1, -0.05) is 25.1 Å². The van der Waals surface area contributed by atoms with Gasteiger partial charge in [0.2, 0.25) is 0 Å². The molecule has 0 aliphatic rings. The lowest BCUT2D eigenvalue weighted by Gasteiger charge is -2.12. The maximum atomic E-state index is 4.58. The first kappa shape index (κ1) is 14.3. The SMILES string of the molecule is CCCc1nc(NCC)cc(Nc2ccccc2C)n1. The summed E-state index contributed by atoms with van der Waals surface area (Å²) >= 11 is 0. The Bertz CT molecular complexity index is 542. The van der Waals surface area contributed by atoms with Crippen molar-refractivity contribution in [3.05, 3.63) is 41.7 Å². The molecule has 0 aliphatic heterocycles. The molecule has 0 saturated heterocycles. The van der Waals surface area contributed by atoms with Crippen LogP contribution in [0.15, 0.2) is 30.3 Å². The van der Waals surface area contributed by atoms with Gasteiger partial charge in [-0.05, 0) is 31.9 Å². The molecule has 1 aromatic heterocycles. The zero-order valence-electron chi connectivity index (χ0n) is 12.4. The molecule has 0 fully saturated rings. The van der Waals surface area contributed by atoms with Gasteiger partial charge < -0.3 is 10.6 Å². The van der Waals surface area contributed by atoms with Crippen LogP contribution in [0.25, 0.3) is 0 Å². The van der Waals surface area contributed by atoms with Crippen LogP contribution in [0.2, 0.25) is 0 Å². The summed E-state index contributed by atoms with van der Waals surface area (Å²) in [5.74, 6) is 2.60. The summed E-state index contributed by atoms with van der Waals surface area (Å²) in [6.45, 7) is 7.14. The average Bonchev–Trinajstić information content (AvgIpc) is 2.42. The number of benzene rings is 1. The first-order chi connectivity index (χ1) is 9.72. The van der Waals surface area contributed by atoms with Crippen molar-refractivity contribution in [1.82, 2.24) is 9.97 Å². The quantitative estimate of drug-likeness (QED) is 0.835. The Hall–Kier alpha value is -2.10. The largest absolute Gasteiger partial charge is 0.370 e. The second-order valence-corrected chi connectivity index (χ2v) is 4.77. The first-order valence-electron chi connectivity index (χ1n) is 7.17. The molecule has 1 aromatic carbocycles. The van der Waals surface area contributed by atoms with E-state index < -0.39 is 0 Å². The van der Waals surface area contributed by atoms with Gasteiger partial charge in [0.05, 0.1) is 0 Å². The van der Waals surface area contributed by atoms with Crippen molar-refractivity contribution in [3.8, 4) is 0 Å². The molecule has 1 heterocycles. The summed E-state index contributed by atoms with van der Waals surface area (Å²) in [7, 11) is 0. The third-order valence-electron chi connectivity index (χ3n) is 3.01. The molecule has 2 rings (SSSR count). The second kappa shape index (κ2) is 6.89. The van der Waals surface area contributed by atoms with Gasteiger partial charge in [0.15, 0.2) is 0 Å². The number of aromatic nitrogens is 2. The maximum Gasteiger partial charge on any atom is 0.136 e. The van der Waals surface area contributed by atoms with E-state index in [4.69, 9.17) is 0 Å². The molecule has 0 aliphatic carbocycles. The van der Waals surface area contributed by atoms with E-state index in [2.05, 4.69) is 53.5 Å². The summed E-state index contributed by atoms with van der Waals surface area (Å²) in [5, 5.41) is 6.63. The van der Waals surface area contributed by atoms with Gasteiger partial charge in [0, 0.05) is 24.7 Å². The number of aryl methyl sites for hydroxylation is 2. The fourth-order valence-electron chi connectivity index (χ4n) is 2.02. The molecule has 4 nitrogen and oxygen atoms in total. The van der Waals surface area contributed by atoms with Gasteiger partial charge >= 0.3 is 0 Å². The molecule has 0 unspecified atom stereocenters. The molecular formula is C16H22N4. The first-order valence-corrected chi connectivity index (χ1v) is 7.17. The van der Waals surface area contributed by atoms with Crippen LogP contribution in [-0.2, 0) is 6.42 Å². The summed E-state index contributed by atoms with van der Waals surface area (Å²) in [6.07, 6.45) is 1.93. The van der Waals surface area contributed by atoms with Crippen molar-refractivity contribution < 1.29 is 0 Å². The van der Waals surface area contributed by atoms with Crippen molar-refractivity contribution in [2.75, 3.05) is 17.2 Å². The molecule has 2 N–H and O–H groups in total. The average molecular weight is 270 g/mol. The summed E-state index contributed by atoms with van der Waals surface area (Å²) in [5.41, 5.74) is 2.28. The van der Waals surface area contributed by atoms with Crippen LogP contribution in [0.1, 0.15) is 31.7 Å². The minimum Gasteiger partial charge on any atom is -0.370 e. The molecule has 0 saturated carbocycles. The Balaban J connectivity index is 2.28. The fourth-order valence-corrected chi connectivity index (χ4v) is 2.02. The highest BCUT2D eigenvalue weighted by molar-refractivity contribution is 5.62. The Kier molecular flexibility index (Phi) is 4.93. The topological polar surface area (TPSA) is 49.8 Å². The fraction of sp³-hybridized carbons (Fsp3) is 0.375. The molecule has 0 radical (unpaired) electrons. The lowest BCUT2D eigenvalue weighted by atomic mass is 10.2. The van der Waals surface area contributed by atoms with E-state index in [1.54, 1.807) is 0 Å². The van der Waals surface area contributed by atoms with E-state index in [9.17, 15) is 0 Å². The van der Waals surface area contributed by atoms with Crippen molar-refractivity contribution in [2.24, 2.45) is 0 Å². The minimum absolute atomic E-state index is 0.841. The van der Waals surface area contributed by atoms with Crippen LogP contribution < -0.4 is 10.6 Å². The van der Waals surface area contributed by atoms with E-state index in [-0.39, 0.29) is 0 Å². The van der Waals surface area contributed by atoms with E-state index >= 15 is 0 Å². The van der Waals surface area contributed by atoms with Crippen LogP contribution in [0, 0.1) is 6.92 Å². The number of nitrogens with zero attached hydrogens (tertiary/aromatic N) is 2. The molecule has 106 valence electrons. The third kappa shape index (κ3) is 3.70. The van der Waals surface area contributed by atoms with Crippen molar-refractivity contribution in [1.29, 1.82) is 0 Å². The number of rotatable bonds is 6. The summed E-state index contributed by atoms with van der Waals surface area (Å²) in [6, 6.07) is 10.2. The number of nitrogens with one attached hydrogen (secondary N) is 2. The predicted molar refractivity (Wildman–Crippen MR) is 84.7 cm³/mol. The van der Waals surface area contributed by atoms with Gasteiger partial charge in [0.25, 0.3) is 0 Å². The van der Waals surface area contributed by atoms with Crippen molar-refractivity contribution in [2.45, 2.75) is 33.6 Å². The zero-order valence-corrected chi connectivity index (χ0v) is 12.4. The number of anilines is 3. The van der Waals surface area contributed by atoms with Gasteiger partial charge in [-0.2, -0.15) is 0 Å². The lowest BCUT2D eigenvalue weighted by Crippen LogP contribution is -2.06. The van der Waals surface area contributed by atoms with Crippen LogP contribution in [0.5, 0.6) is 0 Å². The maximum absolute atomic E-state index is 4.58. The van der Waals surface area contributed by atoms with E-state index in [0.717, 1.165) is 42.5 Å². The molecule has 0 bridgehead atoms. The van der Waals surface area contributed by atoms with Crippen LogP contribution in [0.4, 0.5) is 17.3 Å². The molecular weight excluding hydrogens is 248 g/mol. The van der Waals surface area contributed by atoms with Crippen LogP contribution in [0.3, 0.4) is 0 Å². The van der Waals surface area contributed by atoms with Gasteiger partial charge in [-0.25, -0.2) is 9.97 Å². The second-order valence-electron chi connectivity index (χ2n) is 4.77. The number of para-hydroxylation sites is 1. The number of hydrogen-bond donors (Lipinski definition) is 2. The van der Waals surface area contributed by atoms with Gasteiger partial charge in [-0.15, -0.1) is 0 Å². The van der Waals surface area contributed by atoms with Crippen molar-refractivity contribution in [3.63, 3.8) is 0 Å². The Morgan fingerprint density at radius 3 is 2.50 bits per heavy atom. The van der Waals surface area contributed by atoms with E-state index in [1.807, 2.05) is 18.2 Å². The monoisotopic (exact) mass is 270 g/mol. The Morgan fingerprint density at radius 1 is 1.05 bits per heavy atom. The third-order valence-corrected chi connectivity index (χ3v) is 3.01. The molecule has 0 spiro atoms. The summed E-state index contributed by atoms with van der Waals surface area (Å²) in [4.78, 5) is 9.09. The molecule has 0 amide bonds. The minimum atomic E-state index is 0.841. The highest BCUT2D eigenvalue weighted by Gasteiger charge is 2.05. The van der Waals surface area contributed by atoms with Crippen LogP contribution in [-0.4, -0.2) is 16.5 Å². The summed E-state index contributed by atoms with van der Waals surface area (Å²) < 4.78 is 0. The molecule has 0 atom stereocenters.